The predicted molar refractivity (Wildman–Crippen MR) is 51.6 cm³/mol. The maximum absolute atomic E-state index is 11.0. The molecular formula is C9H11ClN2O2. The maximum Gasteiger partial charge on any atom is 0.326 e. The fraction of sp³-hybridized carbons (Fsp3) is 0.556. The molecule has 2 heterocycles. The monoisotopic (exact) mass is 214 g/mol. The average Bonchev–Trinajstić information content (AvgIpc) is 2.43. The predicted octanol–water partition coefficient (Wildman–Crippen LogP) is 1.81. The van der Waals surface area contributed by atoms with E-state index < -0.39 is 12.0 Å². The fourth-order valence-electron chi connectivity index (χ4n) is 1.99. The summed E-state index contributed by atoms with van der Waals surface area (Å²) in [6.07, 6.45) is 2.40. The first-order valence-electron chi connectivity index (χ1n) is 4.57. The van der Waals surface area contributed by atoms with Crippen LogP contribution in [0.5, 0.6) is 0 Å². The standard InChI is InChI=1S/C9H11ClN2O2/c1-5-6-3-2-4-7(8(13)14)12(6)9(10)11-5/h7H,2-4H2,1H3,(H,13,14). The molecule has 0 saturated heterocycles. The van der Waals surface area contributed by atoms with Crippen LogP contribution in [-0.4, -0.2) is 20.6 Å². The van der Waals surface area contributed by atoms with E-state index in [1.165, 1.54) is 0 Å². The van der Waals surface area contributed by atoms with Gasteiger partial charge >= 0.3 is 5.97 Å². The number of rotatable bonds is 1. The molecule has 0 aliphatic carbocycles. The minimum absolute atomic E-state index is 0.296. The molecule has 0 radical (unpaired) electrons. The highest BCUT2D eigenvalue weighted by Crippen LogP contribution is 2.30. The summed E-state index contributed by atoms with van der Waals surface area (Å²) in [4.78, 5) is 15.1. The van der Waals surface area contributed by atoms with Crippen molar-refractivity contribution in [3.05, 3.63) is 16.7 Å². The molecular weight excluding hydrogens is 204 g/mol. The molecule has 1 atom stereocenters. The fourth-order valence-corrected chi connectivity index (χ4v) is 2.33. The molecule has 1 aliphatic rings. The highest BCUT2D eigenvalue weighted by molar-refractivity contribution is 6.28. The number of carbonyl (C=O) groups is 1. The van der Waals surface area contributed by atoms with Crippen LogP contribution in [0.2, 0.25) is 5.28 Å². The van der Waals surface area contributed by atoms with Gasteiger partial charge in [-0.1, -0.05) is 0 Å². The van der Waals surface area contributed by atoms with Gasteiger partial charge in [-0.05, 0) is 37.8 Å². The van der Waals surface area contributed by atoms with Gasteiger partial charge in [-0.3, -0.25) is 0 Å². The van der Waals surface area contributed by atoms with Gasteiger partial charge in [0.25, 0.3) is 0 Å². The van der Waals surface area contributed by atoms with E-state index >= 15 is 0 Å². The summed E-state index contributed by atoms with van der Waals surface area (Å²) in [6.45, 7) is 1.86. The Hall–Kier alpha value is -1.03. The Bertz CT molecular complexity index is 386. The minimum atomic E-state index is -0.828. The lowest BCUT2D eigenvalue weighted by atomic mass is 10.0. The maximum atomic E-state index is 11.0. The van der Waals surface area contributed by atoms with Crippen LogP contribution >= 0.6 is 11.6 Å². The molecule has 1 N–H and O–H groups in total. The summed E-state index contributed by atoms with van der Waals surface area (Å²) < 4.78 is 1.64. The summed E-state index contributed by atoms with van der Waals surface area (Å²) in [5.41, 5.74) is 1.81. The molecule has 5 heteroatoms. The first kappa shape index (κ1) is 9.52. The highest BCUT2D eigenvalue weighted by Gasteiger charge is 2.29. The van der Waals surface area contributed by atoms with Crippen LogP contribution in [0.15, 0.2) is 0 Å². The number of aryl methyl sites for hydroxylation is 1. The number of aromatic nitrogens is 2. The summed E-state index contributed by atoms with van der Waals surface area (Å²) in [7, 11) is 0. The Kier molecular flexibility index (Phi) is 2.23. The molecule has 0 saturated carbocycles. The smallest absolute Gasteiger partial charge is 0.326 e. The van der Waals surface area contributed by atoms with E-state index in [1.807, 2.05) is 6.92 Å². The molecule has 4 nitrogen and oxygen atoms in total. The molecule has 1 unspecified atom stereocenters. The molecule has 0 spiro atoms. The van der Waals surface area contributed by atoms with Gasteiger partial charge in [-0.2, -0.15) is 0 Å². The largest absolute Gasteiger partial charge is 0.480 e. The zero-order chi connectivity index (χ0) is 10.3. The van der Waals surface area contributed by atoms with Crippen LogP contribution < -0.4 is 0 Å². The second kappa shape index (κ2) is 3.28. The van der Waals surface area contributed by atoms with Crippen LogP contribution in [0.25, 0.3) is 0 Å². The third-order valence-corrected chi connectivity index (χ3v) is 2.92. The summed E-state index contributed by atoms with van der Waals surface area (Å²) in [6, 6.07) is -0.535. The van der Waals surface area contributed by atoms with Crippen molar-refractivity contribution in [1.82, 2.24) is 9.55 Å². The van der Waals surface area contributed by atoms with Gasteiger partial charge in [0.05, 0.1) is 5.69 Å². The quantitative estimate of drug-likeness (QED) is 0.776. The van der Waals surface area contributed by atoms with E-state index in [4.69, 9.17) is 16.7 Å². The van der Waals surface area contributed by atoms with Crippen molar-refractivity contribution in [2.75, 3.05) is 0 Å². The number of halogens is 1. The van der Waals surface area contributed by atoms with Crippen molar-refractivity contribution in [3.63, 3.8) is 0 Å². The number of aliphatic carboxylic acids is 1. The van der Waals surface area contributed by atoms with Crippen LogP contribution in [0, 0.1) is 6.92 Å². The molecule has 2 rings (SSSR count). The van der Waals surface area contributed by atoms with E-state index in [1.54, 1.807) is 4.57 Å². The van der Waals surface area contributed by atoms with E-state index in [-0.39, 0.29) is 0 Å². The average molecular weight is 215 g/mol. The van der Waals surface area contributed by atoms with Gasteiger partial charge < -0.3 is 9.67 Å². The second-order valence-electron chi connectivity index (χ2n) is 3.53. The number of hydrogen-bond donors (Lipinski definition) is 1. The van der Waals surface area contributed by atoms with Gasteiger partial charge in [-0.25, -0.2) is 9.78 Å². The molecule has 0 aromatic carbocycles. The zero-order valence-electron chi connectivity index (χ0n) is 7.83. The van der Waals surface area contributed by atoms with Gasteiger partial charge in [0, 0.05) is 5.69 Å². The lowest BCUT2D eigenvalue weighted by molar-refractivity contribution is -0.141. The third kappa shape index (κ3) is 1.30. The van der Waals surface area contributed by atoms with Crippen molar-refractivity contribution in [2.45, 2.75) is 32.2 Å². The SMILES string of the molecule is Cc1nc(Cl)n2c1CCCC2C(=O)O. The number of carboxylic acid groups (broad SMARTS) is 1. The van der Waals surface area contributed by atoms with Crippen molar-refractivity contribution in [1.29, 1.82) is 0 Å². The van der Waals surface area contributed by atoms with Gasteiger partial charge in [0.15, 0.2) is 0 Å². The Morgan fingerprint density at radius 3 is 3.07 bits per heavy atom. The lowest BCUT2D eigenvalue weighted by Gasteiger charge is -2.22. The minimum Gasteiger partial charge on any atom is -0.480 e. The van der Waals surface area contributed by atoms with Crippen molar-refractivity contribution < 1.29 is 9.90 Å². The Morgan fingerprint density at radius 1 is 1.71 bits per heavy atom. The summed E-state index contributed by atoms with van der Waals surface area (Å²) in [5, 5.41) is 9.31. The van der Waals surface area contributed by atoms with E-state index in [9.17, 15) is 4.79 Å². The van der Waals surface area contributed by atoms with Crippen molar-refractivity contribution in [3.8, 4) is 0 Å². The van der Waals surface area contributed by atoms with Gasteiger partial charge in [0.1, 0.15) is 6.04 Å². The van der Waals surface area contributed by atoms with Crippen LogP contribution in [0.1, 0.15) is 30.3 Å². The normalized spacial score (nSPS) is 20.6. The molecule has 76 valence electrons. The molecule has 1 aliphatic heterocycles. The summed E-state index contributed by atoms with van der Waals surface area (Å²) in [5.74, 6) is -0.828. The lowest BCUT2D eigenvalue weighted by Crippen LogP contribution is -2.25. The van der Waals surface area contributed by atoms with Crippen LogP contribution in [0.4, 0.5) is 0 Å². The number of carboxylic acids is 1. The molecule has 0 amide bonds. The van der Waals surface area contributed by atoms with E-state index in [2.05, 4.69) is 4.98 Å². The first-order valence-corrected chi connectivity index (χ1v) is 4.95. The molecule has 1 aromatic heterocycles. The Labute approximate surface area is 86.5 Å². The molecule has 14 heavy (non-hydrogen) atoms. The van der Waals surface area contributed by atoms with Gasteiger partial charge in [0.2, 0.25) is 5.28 Å². The topological polar surface area (TPSA) is 55.1 Å². The third-order valence-electron chi connectivity index (χ3n) is 2.66. The first-order chi connectivity index (χ1) is 6.61. The molecule has 0 fully saturated rings. The molecule has 1 aromatic rings. The number of fused-ring (bicyclic) bond motifs is 1. The van der Waals surface area contributed by atoms with Gasteiger partial charge in [-0.15, -0.1) is 0 Å². The summed E-state index contributed by atoms with van der Waals surface area (Å²) >= 11 is 5.89. The number of nitrogens with zero attached hydrogens (tertiary/aromatic N) is 2. The van der Waals surface area contributed by atoms with E-state index in [0.29, 0.717) is 11.7 Å². The molecule has 0 bridgehead atoms. The zero-order valence-corrected chi connectivity index (χ0v) is 8.58. The second-order valence-corrected chi connectivity index (χ2v) is 3.87. The van der Waals surface area contributed by atoms with Crippen molar-refractivity contribution in [2.24, 2.45) is 0 Å². The van der Waals surface area contributed by atoms with Crippen LogP contribution in [0.3, 0.4) is 0 Å². The Balaban J connectivity index is 2.53. The van der Waals surface area contributed by atoms with Crippen molar-refractivity contribution >= 4 is 17.6 Å². The van der Waals surface area contributed by atoms with E-state index in [0.717, 1.165) is 24.2 Å². The highest BCUT2D eigenvalue weighted by atomic mass is 35.5. The Morgan fingerprint density at radius 2 is 2.43 bits per heavy atom. The van der Waals surface area contributed by atoms with Crippen LogP contribution in [-0.2, 0) is 11.2 Å². The number of hydrogen-bond acceptors (Lipinski definition) is 2. The number of imidazole rings is 1.